The van der Waals surface area contributed by atoms with Crippen molar-refractivity contribution in [1.29, 1.82) is 0 Å². The Morgan fingerprint density at radius 2 is 1.52 bits per heavy atom. The van der Waals surface area contributed by atoms with Crippen molar-refractivity contribution in [3.8, 4) is 0 Å². The summed E-state index contributed by atoms with van der Waals surface area (Å²) in [4.78, 5) is 15.2. The predicted octanol–water partition coefficient (Wildman–Crippen LogP) is 5.60. The maximum absolute atomic E-state index is 12.6. The monoisotopic (exact) mass is 430 g/mol. The van der Waals surface area contributed by atoms with Gasteiger partial charge in [-0.3, -0.25) is 9.69 Å². The third kappa shape index (κ3) is 5.33. The largest absolute Gasteiger partial charge is 0.348 e. The summed E-state index contributed by atoms with van der Waals surface area (Å²) in [6, 6.07) is 16.1. The Kier molecular flexibility index (Phi) is 6.79. The summed E-state index contributed by atoms with van der Waals surface area (Å²) >= 11 is 11.9. The maximum atomic E-state index is 12.6. The van der Waals surface area contributed by atoms with Crippen molar-refractivity contribution in [2.75, 3.05) is 13.1 Å². The lowest BCUT2D eigenvalue weighted by Gasteiger charge is -2.38. The highest BCUT2D eigenvalue weighted by Crippen LogP contribution is 2.30. The second-order valence-electron chi connectivity index (χ2n) is 8.40. The fraction of sp³-hybridized carbons (Fsp3) is 0.458. The molecule has 2 aromatic rings. The number of amides is 1. The summed E-state index contributed by atoms with van der Waals surface area (Å²) in [5, 5.41) is 4.74. The third-order valence-corrected chi connectivity index (χ3v) is 6.96. The minimum atomic E-state index is 0.0104. The van der Waals surface area contributed by atoms with Gasteiger partial charge in [-0.2, -0.15) is 0 Å². The summed E-state index contributed by atoms with van der Waals surface area (Å²) in [6.45, 7) is 2.24. The van der Waals surface area contributed by atoms with Crippen molar-refractivity contribution < 1.29 is 4.79 Å². The third-order valence-electron chi connectivity index (χ3n) is 6.46. The van der Waals surface area contributed by atoms with Gasteiger partial charge in [0, 0.05) is 27.7 Å². The van der Waals surface area contributed by atoms with Crippen LogP contribution in [0.1, 0.15) is 48.0 Å². The van der Waals surface area contributed by atoms with Crippen LogP contribution < -0.4 is 5.32 Å². The molecule has 1 N–H and O–H groups in total. The molecule has 2 aromatic carbocycles. The van der Waals surface area contributed by atoms with Gasteiger partial charge >= 0.3 is 0 Å². The van der Waals surface area contributed by atoms with E-state index in [1.54, 1.807) is 24.3 Å². The van der Waals surface area contributed by atoms with Gasteiger partial charge in [0.05, 0.1) is 0 Å². The summed E-state index contributed by atoms with van der Waals surface area (Å²) in [6.07, 6.45) is 6.99. The molecule has 5 heteroatoms. The first-order valence-corrected chi connectivity index (χ1v) is 11.4. The number of hydrogen-bond donors (Lipinski definition) is 1. The van der Waals surface area contributed by atoms with E-state index < -0.39 is 0 Å². The molecule has 3 nitrogen and oxygen atoms in total. The highest BCUT2D eigenvalue weighted by molar-refractivity contribution is 6.30. The average molecular weight is 431 g/mol. The molecule has 0 spiro atoms. The molecule has 0 bridgehead atoms. The number of carbonyl (C=O) groups is 1. The molecule has 29 heavy (non-hydrogen) atoms. The second-order valence-corrected chi connectivity index (χ2v) is 9.27. The molecule has 154 valence electrons. The number of nitrogens with zero attached hydrogens (tertiary/aromatic N) is 1. The molecule has 2 aliphatic rings. The van der Waals surface area contributed by atoms with Crippen molar-refractivity contribution in [2.45, 2.75) is 50.6 Å². The fourth-order valence-corrected chi connectivity index (χ4v) is 5.09. The molecule has 1 amide bonds. The second kappa shape index (κ2) is 9.51. The number of halogens is 2. The van der Waals surface area contributed by atoms with E-state index in [9.17, 15) is 4.79 Å². The van der Waals surface area contributed by atoms with Gasteiger partial charge in [0.1, 0.15) is 0 Å². The zero-order chi connectivity index (χ0) is 20.2. The van der Waals surface area contributed by atoms with Gasteiger partial charge < -0.3 is 5.32 Å². The normalized spacial score (nSPS) is 23.2. The Hall–Kier alpha value is -1.55. The first-order chi connectivity index (χ1) is 14.1. The fourth-order valence-electron chi connectivity index (χ4n) is 4.84. The van der Waals surface area contributed by atoms with Crippen LogP contribution in [0.5, 0.6) is 0 Å². The number of nitrogens with one attached hydrogen (secondary N) is 1. The van der Waals surface area contributed by atoms with Gasteiger partial charge in [0.15, 0.2) is 0 Å². The lowest BCUT2D eigenvalue weighted by Crippen LogP contribution is -2.51. The van der Waals surface area contributed by atoms with Crippen LogP contribution in [0.4, 0.5) is 0 Å². The van der Waals surface area contributed by atoms with E-state index in [0.29, 0.717) is 16.6 Å². The Morgan fingerprint density at radius 1 is 0.897 bits per heavy atom. The highest BCUT2D eigenvalue weighted by Gasteiger charge is 2.35. The SMILES string of the molecule is O=C(N[C@@H]1CCC[C@H]1N1CCC(Cc2ccc(Cl)cc2)CC1)c1ccc(Cl)cc1. The summed E-state index contributed by atoms with van der Waals surface area (Å²) < 4.78 is 0. The first-order valence-electron chi connectivity index (χ1n) is 10.6. The molecular weight excluding hydrogens is 403 g/mol. The summed E-state index contributed by atoms with van der Waals surface area (Å²) in [7, 11) is 0. The molecule has 4 rings (SSSR count). The number of hydrogen-bond acceptors (Lipinski definition) is 2. The standard InChI is InChI=1S/C24H28Cl2N2O/c25-20-8-4-17(5-9-20)16-18-12-14-28(15-13-18)23-3-1-2-22(23)27-24(29)19-6-10-21(26)11-7-19/h4-11,18,22-23H,1-3,12-16H2,(H,27,29)/t22-,23-/m1/s1. The molecule has 0 aromatic heterocycles. The number of piperidine rings is 1. The number of rotatable bonds is 5. The van der Waals surface area contributed by atoms with Crippen molar-refractivity contribution in [1.82, 2.24) is 10.2 Å². The van der Waals surface area contributed by atoms with Crippen molar-refractivity contribution in [3.63, 3.8) is 0 Å². The zero-order valence-corrected chi connectivity index (χ0v) is 18.1. The minimum absolute atomic E-state index is 0.0104. The molecule has 1 aliphatic heterocycles. The van der Waals surface area contributed by atoms with E-state index in [1.807, 2.05) is 12.1 Å². The predicted molar refractivity (Wildman–Crippen MR) is 120 cm³/mol. The van der Waals surface area contributed by atoms with Gasteiger partial charge in [-0.15, -0.1) is 0 Å². The van der Waals surface area contributed by atoms with Crippen molar-refractivity contribution >= 4 is 29.1 Å². The lowest BCUT2D eigenvalue weighted by molar-refractivity contribution is 0.0862. The number of benzene rings is 2. The van der Waals surface area contributed by atoms with Gasteiger partial charge in [-0.1, -0.05) is 35.3 Å². The molecular formula is C24H28Cl2N2O. The van der Waals surface area contributed by atoms with Gasteiger partial charge in [0.2, 0.25) is 0 Å². The van der Waals surface area contributed by atoms with Gasteiger partial charge in [-0.05, 0) is 99.5 Å². The molecule has 1 saturated carbocycles. The number of carbonyl (C=O) groups excluding carboxylic acids is 1. The van der Waals surface area contributed by atoms with E-state index in [-0.39, 0.29) is 11.9 Å². The van der Waals surface area contributed by atoms with Crippen LogP contribution in [0.25, 0.3) is 0 Å². The van der Waals surface area contributed by atoms with E-state index in [2.05, 4.69) is 22.3 Å². The van der Waals surface area contributed by atoms with Gasteiger partial charge in [0.25, 0.3) is 5.91 Å². The van der Waals surface area contributed by atoms with Crippen LogP contribution in [0, 0.1) is 5.92 Å². The Labute approximate surface area is 183 Å². The Morgan fingerprint density at radius 3 is 2.17 bits per heavy atom. The van der Waals surface area contributed by atoms with E-state index in [0.717, 1.165) is 36.9 Å². The molecule has 2 fully saturated rings. The van der Waals surface area contributed by atoms with Crippen LogP contribution in [-0.4, -0.2) is 36.0 Å². The van der Waals surface area contributed by atoms with Crippen LogP contribution >= 0.6 is 23.2 Å². The summed E-state index contributed by atoms with van der Waals surface area (Å²) in [5.41, 5.74) is 2.06. The Balaban J connectivity index is 1.30. The Bertz CT molecular complexity index is 814. The molecule has 1 heterocycles. The molecule has 2 atom stereocenters. The van der Waals surface area contributed by atoms with Crippen LogP contribution in [0.2, 0.25) is 10.0 Å². The van der Waals surface area contributed by atoms with Crippen molar-refractivity contribution in [2.24, 2.45) is 5.92 Å². The van der Waals surface area contributed by atoms with Crippen LogP contribution in [0.3, 0.4) is 0 Å². The quantitative estimate of drug-likeness (QED) is 0.669. The first kappa shape index (κ1) is 20.7. The smallest absolute Gasteiger partial charge is 0.251 e. The topological polar surface area (TPSA) is 32.3 Å². The zero-order valence-electron chi connectivity index (χ0n) is 16.6. The van der Waals surface area contributed by atoms with E-state index >= 15 is 0 Å². The van der Waals surface area contributed by atoms with Crippen LogP contribution in [0.15, 0.2) is 48.5 Å². The summed E-state index contributed by atoms with van der Waals surface area (Å²) in [5.74, 6) is 0.743. The minimum Gasteiger partial charge on any atom is -0.348 e. The maximum Gasteiger partial charge on any atom is 0.251 e. The average Bonchev–Trinajstić information content (AvgIpc) is 3.19. The molecule has 1 saturated heterocycles. The molecule has 1 aliphatic carbocycles. The van der Waals surface area contributed by atoms with E-state index in [1.165, 1.54) is 31.2 Å². The number of likely N-dealkylation sites (tertiary alicyclic amines) is 1. The molecule has 0 radical (unpaired) electrons. The highest BCUT2D eigenvalue weighted by atomic mass is 35.5. The van der Waals surface area contributed by atoms with Gasteiger partial charge in [-0.25, -0.2) is 0 Å². The van der Waals surface area contributed by atoms with E-state index in [4.69, 9.17) is 23.2 Å². The molecule has 0 unspecified atom stereocenters. The van der Waals surface area contributed by atoms with Crippen molar-refractivity contribution in [3.05, 3.63) is 69.7 Å². The van der Waals surface area contributed by atoms with Crippen LogP contribution in [-0.2, 0) is 6.42 Å². The lowest BCUT2D eigenvalue weighted by atomic mass is 9.89.